The summed E-state index contributed by atoms with van der Waals surface area (Å²) in [4.78, 5) is 12.7. The van der Waals surface area contributed by atoms with Gasteiger partial charge in [-0.15, -0.1) is 0 Å². The van der Waals surface area contributed by atoms with Gasteiger partial charge in [-0.2, -0.15) is 5.10 Å². The van der Waals surface area contributed by atoms with E-state index in [4.69, 9.17) is 0 Å². The molecule has 2 aromatic rings. The first-order valence-corrected chi connectivity index (χ1v) is 7.59. The maximum Gasteiger partial charge on any atom is 0.346 e. The maximum atomic E-state index is 12.7. The Morgan fingerprint density at radius 2 is 1.80 bits per heavy atom. The Morgan fingerprint density at radius 1 is 1.05 bits per heavy atom. The van der Waals surface area contributed by atoms with E-state index < -0.39 is 0 Å². The Bertz CT molecular complexity index is 665. The fourth-order valence-electron chi connectivity index (χ4n) is 3.69. The average molecular weight is 269 g/mol. The predicted molar refractivity (Wildman–Crippen MR) is 76.9 cm³/mol. The van der Waals surface area contributed by atoms with Crippen LogP contribution < -0.4 is 5.69 Å². The number of hydrogen-bond acceptors (Lipinski definition) is 2. The molecule has 1 aromatic heterocycles. The number of aromatic nitrogens is 3. The fourth-order valence-corrected chi connectivity index (χ4v) is 3.69. The smallest absolute Gasteiger partial charge is 0.271 e. The van der Waals surface area contributed by atoms with Gasteiger partial charge in [0.25, 0.3) is 0 Å². The molecule has 1 aliphatic carbocycles. The van der Waals surface area contributed by atoms with Crippen molar-refractivity contribution < 1.29 is 0 Å². The van der Waals surface area contributed by atoms with Crippen molar-refractivity contribution in [3.63, 3.8) is 0 Å². The van der Waals surface area contributed by atoms with Crippen LogP contribution in [0.3, 0.4) is 0 Å². The van der Waals surface area contributed by atoms with Crippen molar-refractivity contribution in [2.24, 2.45) is 0 Å². The molecular formula is C16H19N3O. The van der Waals surface area contributed by atoms with Crippen molar-refractivity contribution in [2.75, 3.05) is 0 Å². The topological polar surface area (TPSA) is 39.8 Å². The summed E-state index contributed by atoms with van der Waals surface area (Å²) in [7, 11) is 0. The number of hydrogen-bond donors (Lipinski definition) is 0. The Balaban J connectivity index is 1.76. The molecule has 0 unspecified atom stereocenters. The van der Waals surface area contributed by atoms with Gasteiger partial charge in [0.2, 0.25) is 0 Å². The molecule has 1 saturated carbocycles. The van der Waals surface area contributed by atoms with Crippen LogP contribution in [0.4, 0.5) is 0 Å². The highest BCUT2D eigenvalue weighted by Gasteiger charge is 2.31. The number of benzene rings is 1. The van der Waals surface area contributed by atoms with Crippen molar-refractivity contribution in [1.29, 1.82) is 0 Å². The number of nitrogens with zero attached hydrogens (tertiary/aromatic N) is 3. The van der Waals surface area contributed by atoms with Gasteiger partial charge in [0, 0.05) is 6.42 Å². The summed E-state index contributed by atoms with van der Waals surface area (Å²) in [5.74, 6) is 0.968. The second-order valence-corrected chi connectivity index (χ2v) is 5.92. The highest BCUT2D eigenvalue weighted by molar-refractivity contribution is 5.22. The van der Waals surface area contributed by atoms with Crippen LogP contribution in [0.1, 0.15) is 55.6 Å². The highest BCUT2D eigenvalue weighted by atomic mass is 16.2. The summed E-state index contributed by atoms with van der Waals surface area (Å²) >= 11 is 0. The molecule has 1 fully saturated rings. The van der Waals surface area contributed by atoms with Crippen molar-refractivity contribution >= 4 is 0 Å². The molecule has 2 heterocycles. The zero-order valence-corrected chi connectivity index (χ0v) is 11.5. The maximum absolute atomic E-state index is 12.7. The minimum Gasteiger partial charge on any atom is -0.271 e. The second kappa shape index (κ2) is 4.62. The van der Waals surface area contributed by atoms with Crippen molar-refractivity contribution in [3.05, 3.63) is 52.2 Å². The summed E-state index contributed by atoms with van der Waals surface area (Å²) in [5.41, 5.74) is 1.32. The number of aryl methyl sites for hydroxylation is 1. The zero-order chi connectivity index (χ0) is 13.5. The summed E-state index contributed by atoms with van der Waals surface area (Å²) in [6, 6.07) is 10.8. The molecule has 0 spiro atoms. The molecule has 4 nitrogen and oxygen atoms in total. The fraction of sp³-hybridized carbons (Fsp3) is 0.500. The van der Waals surface area contributed by atoms with Crippen LogP contribution in [0.5, 0.6) is 0 Å². The highest BCUT2D eigenvalue weighted by Crippen LogP contribution is 2.32. The standard InChI is InChI=1S/C16H19N3O/c20-16-18-14(12-6-2-1-3-7-12)10-11-15(18)17-19(16)13-8-4-5-9-13/h1-3,6-7,13-14H,4-5,8-11H2/t14-/m0/s1. The van der Waals surface area contributed by atoms with E-state index >= 15 is 0 Å². The molecule has 2 aliphatic rings. The van der Waals surface area contributed by atoms with Gasteiger partial charge in [-0.05, 0) is 24.8 Å². The van der Waals surface area contributed by atoms with Gasteiger partial charge in [0.05, 0.1) is 12.1 Å². The molecule has 1 atom stereocenters. The SMILES string of the molecule is O=c1n(C2CCCC2)nc2n1[C@H](c1ccccc1)CC2. The molecule has 4 rings (SSSR count). The molecule has 0 radical (unpaired) electrons. The normalized spacial score (nSPS) is 22.3. The molecular weight excluding hydrogens is 250 g/mol. The van der Waals surface area contributed by atoms with E-state index in [1.54, 1.807) is 4.68 Å². The van der Waals surface area contributed by atoms with Gasteiger partial charge in [0.1, 0.15) is 5.82 Å². The third kappa shape index (κ3) is 1.74. The minimum absolute atomic E-state index is 0.0956. The van der Waals surface area contributed by atoms with E-state index in [9.17, 15) is 4.79 Å². The Labute approximate surface area is 118 Å². The van der Waals surface area contributed by atoms with Crippen LogP contribution in [0.25, 0.3) is 0 Å². The summed E-state index contributed by atoms with van der Waals surface area (Å²) < 4.78 is 3.69. The third-order valence-corrected chi connectivity index (χ3v) is 4.71. The molecule has 104 valence electrons. The molecule has 0 bridgehead atoms. The largest absolute Gasteiger partial charge is 0.346 e. The first kappa shape index (κ1) is 11.9. The Morgan fingerprint density at radius 3 is 2.55 bits per heavy atom. The molecule has 4 heteroatoms. The molecule has 0 saturated heterocycles. The van der Waals surface area contributed by atoms with Gasteiger partial charge in [-0.1, -0.05) is 43.2 Å². The van der Waals surface area contributed by atoms with Crippen LogP contribution in [-0.2, 0) is 6.42 Å². The lowest BCUT2D eigenvalue weighted by Gasteiger charge is -2.13. The molecule has 1 aliphatic heterocycles. The minimum atomic E-state index is 0.0956. The molecule has 20 heavy (non-hydrogen) atoms. The first-order valence-electron chi connectivity index (χ1n) is 7.59. The number of rotatable bonds is 2. The van der Waals surface area contributed by atoms with Crippen LogP contribution in [0, 0.1) is 0 Å². The third-order valence-electron chi connectivity index (χ3n) is 4.71. The van der Waals surface area contributed by atoms with Gasteiger partial charge in [-0.25, -0.2) is 9.48 Å². The number of fused-ring (bicyclic) bond motifs is 1. The van der Waals surface area contributed by atoms with E-state index in [1.807, 2.05) is 22.8 Å². The summed E-state index contributed by atoms with van der Waals surface area (Å²) in [5, 5.41) is 4.62. The van der Waals surface area contributed by atoms with Crippen LogP contribution in [-0.4, -0.2) is 14.3 Å². The first-order chi connectivity index (χ1) is 9.84. The lowest BCUT2D eigenvalue weighted by Crippen LogP contribution is -2.29. The quantitative estimate of drug-likeness (QED) is 0.841. The Hall–Kier alpha value is -1.84. The van der Waals surface area contributed by atoms with Crippen molar-refractivity contribution in [1.82, 2.24) is 14.3 Å². The van der Waals surface area contributed by atoms with Gasteiger partial charge >= 0.3 is 5.69 Å². The Kier molecular flexibility index (Phi) is 2.76. The van der Waals surface area contributed by atoms with Crippen LogP contribution in [0.2, 0.25) is 0 Å². The predicted octanol–water partition coefficient (Wildman–Crippen LogP) is 2.70. The monoisotopic (exact) mass is 269 g/mol. The van der Waals surface area contributed by atoms with Gasteiger partial charge in [-0.3, -0.25) is 4.57 Å². The van der Waals surface area contributed by atoms with Gasteiger partial charge < -0.3 is 0 Å². The zero-order valence-electron chi connectivity index (χ0n) is 11.5. The van der Waals surface area contributed by atoms with Crippen LogP contribution >= 0.6 is 0 Å². The lowest BCUT2D eigenvalue weighted by atomic mass is 10.1. The van der Waals surface area contributed by atoms with E-state index in [0.717, 1.165) is 31.5 Å². The van der Waals surface area contributed by atoms with E-state index in [-0.39, 0.29) is 11.7 Å². The van der Waals surface area contributed by atoms with Crippen molar-refractivity contribution in [3.8, 4) is 0 Å². The van der Waals surface area contributed by atoms with Crippen LogP contribution in [0.15, 0.2) is 35.1 Å². The van der Waals surface area contributed by atoms with E-state index in [0.29, 0.717) is 6.04 Å². The molecule has 1 aromatic carbocycles. The molecule has 0 amide bonds. The summed E-state index contributed by atoms with van der Waals surface area (Å²) in [6.07, 6.45) is 6.56. The van der Waals surface area contributed by atoms with Crippen molar-refractivity contribution in [2.45, 2.75) is 50.6 Å². The summed E-state index contributed by atoms with van der Waals surface area (Å²) in [6.45, 7) is 0. The second-order valence-electron chi connectivity index (χ2n) is 5.92. The average Bonchev–Trinajstić information content (AvgIpc) is 3.18. The lowest BCUT2D eigenvalue weighted by molar-refractivity contribution is 0.435. The van der Waals surface area contributed by atoms with Gasteiger partial charge in [0.15, 0.2) is 0 Å². The molecule has 0 N–H and O–H groups in total. The van der Waals surface area contributed by atoms with E-state index in [1.165, 1.54) is 18.4 Å². The van der Waals surface area contributed by atoms with E-state index in [2.05, 4.69) is 17.2 Å².